The first-order valence-electron chi connectivity index (χ1n) is 6.72. The first-order chi connectivity index (χ1) is 11.1. The fraction of sp³-hybridized carbons (Fsp3) is 0. The summed E-state index contributed by atoms with van der Waals surface area (Å²) in [5.74, 6) is -0.0105. The van der Waals surface area contributed by atoms with E-state index in [0.717, 1.165) is 11.3 Å². The molecule has 0 fully saturated rings. The monoisotopic (exact) mass is 370 g/mol. The molecular weight excluding hydrogens is 359 g/mol. The molecule has 1 aromatic heterocycles. The molecule has 23 heavy (non-hydrogen) atoms. The van der Waals surface area contributed by atoms with Crippen LogP contribution >= 0.6 is 15.9 Å². The lowest BCUT2D eigenvalue weighted by molar-refractivity contribution is 0.638. The number of nitrogens with zero attached hydrogens (tertiary/aromatic N) is 3. The van der Waals surface area contributed by atoms with Crippen molar-refractivity contribution in [1.82, 2.24) is 9.97 Å². The van der Waals surface area contributed by atoms with Gasteiger partial charge in [0.05, 0.1) is 16.6 Å². The summed E-state index contributed by atoms with van der Waals surface area (Å²) in [6.45, 7) is 7.28. The van der Waals surface area contributed by atoms with Gasteiger partial charge in [0.2, 0.25) is 0 Å². The molecule has 0 unspecified atom stereocenters. The number of aromatic nitrogens is 2. The summed E-state index contributed by atoms with van der Waals surface area (Å²) in [5, 5.41) is 3.43. The van der Waals surface area contributed by atoms with Crippen LogP contribution in [-0.2, 0) is 0 Å². The second-order valence-electron chi connectivity index (χ2n) is 4.76. The molecule has 0 atom stereocenters. The van der Waals surface area contributed by atoms with Crippen molar-refractivity contribution >= 4 is 56.8 Å². The van der Waals surface area contributed by atoms with Crippen molar-refractivity contribution in [1.29, 1.82) is 0 Å². The van der Waals surface area contributed by atoms with Gasteiger partial charge >= 0.3 is 0 Å². The normalized spacial score (nSPS) is 10.5. The Balaban J connectivity index is 2.09. The van der Waals surface area contributed by atoms with Crippen molar-refractivity contribution in [2.45, 2.75) is 0 Å². The van der Waals surface area contributed by atoms with E-state index in [0.29, 0.717) is 26.9 Å². The Morgan fingerprint density at radius 1 is 1.22 bits per heavy atom. The van der Waals surface area contributed by atoms with Gasteiger partial charge in [0.15, 0.2) is 0 Å². The van der Waals surface area contributed by atoms with Gasteiger partial charge in [0.1, 0.15) is 18.0 Å². The summed E-state index contributed by atoms with van der Waals surface area (Å²) in [7, 11) is 0. The molecule has 114 valence electrons. The largest absolute Gasteiger partial charge is 0.339 e. The minimum Gasteiger partial charge on any atom is -0.339 e. The Morgan fingerprint density at radius 3 is 2.78 bits per heavy atom. The van der Waals surface area contributed by atoms with Crippen LogP contribution in [0.4, 0.5) is 21.6 Å². The van der Waals surface area contributed by atoms with E-state index < -0.39 is 5.82 Å². The molecule has 3 aromatic rings. The highest BCUT2D eigenvalue weighted by atomic mass is 79.9. The van der Waals surface area contributed by atoms with Gasteiger partial charge in [-0.15, -0.1) is 0 Å². The predicted molar refractivity (Wildman–Crippen MR) is 96.2 cm³/mol. The number of rotatable bonds is 4. The van der Waals surface area contributed by atoms with Crippen LogP contribution in [0.3, 0.4) is 0 Å². The van der Waals surface area contributed by atoms with Crippen LogP contribution in [0.25, 0.3) is 17.0 Å². The van der Waals surface area contributed by atoms with Crippen molar-refractivity contribution in [3.63, 3.8) is 0 Å². The molecule has 0 amide bonds. The zero-order chi connectivity index (χ0) is 16.4. The maximum atomic E-state index is 14.3. The third kappa shape index (κ3) is 2.98. The van der Waals surface area contributed by atoms with Crippen molar-refractivity contribution in [2.75, 3.05) is 5.32 Å². The van der Waals surface area contributed by atoms with Crippen LogP contribution in [0.5, 0.6) is 0 Å². The number of anilines is 2. The van der Waals surface area contributed by atoms with E-state index in [1.54, 1.807) is 18.2 Å². The highest BCUT2D eigenvalue weighted by Gasteiger charge is 2.11. The molecule has 0 saturated carbocycles. The van der Waals surface area contributed by atoms with Crippen molar-refractivity contribution in [3.8, 4) is 0 Å². The first kappa shape index (κ1) is 15.3. The number of halogens is 2. The summed E-state index contributed by atoms with van der Waals surface area (Å²) in [6.07, 6.45) is 3.09. The Kier molecular flexibility index (Phi) is 4.16. The lowest BCUT2D eigenvalue weighted by Gasteiger charge is -2.11. The molecule has 3 rings (SSSR count). The standard InChI is InChI=1S/C17H12BrFN4/c1-3-10-4-5-12(8-14(10)20-2)23-17-16-13(19)6-11(18)7-15(16)21-9-22-17/h3-9H,1-2H2,(H,21,22,23). The summed E-state index contributed by atoms with van der Waals surface area (Å²) < 4.78 is 14.9. The molecule has 0 bridgehead atoms. The Morgan fingerprint density at radius 2 is 2.04 bits per heavy atom. The van der Waals surface area contributed by atoms with Gasteiger partial charge in [-0.2, -0.15) is 0 Å². The van der Waals surface area contributed by atoms with Crippen LogP contribution in [0.15, 0.2) is 52.7 Å². The molecule has 6 heteroatoms. The summed E-state index contributed by atoms with van der Waals surface area (Å²) in [6, 6.07) is 8.62. The minimum atomic E-state index is -0.401. The van der Waals surface area contributed by atoms with E-state index >= 15 is 0 Å². The smallest absolute Gasteiger partial charge is 0.144 e. The van der Waals surface area contributed by atoms with E-state index in [2.05, 4.69) is 49.5 Å². The number of benzene rings is 2. The Hall–Kier alpha value is -2.60. The molecule has 0 aliphatic heterocycles. The minimum absolute atomic E-state index is 0.330. The molecule has 4 nitrogen and oxygen atoms in total. The Bertz CT molecular complexity index is 924. The fourth-order valence-corrected chi connectivity index (χ4v) is 2.69. The second kappa shape index (κ2) is 6.26. The van der Waals surface area contributed by atoms with Crippen molar-refractivity contribution < 1.29 is 4.39 Å². The second-order valence-corrected chi connectivity index (χ2v) is 5.68. The fourth-order valence-electron chi connectivity index (χ4n) is 2.27. The molecule has 0 aliphatic rings. The van der Waals surface area contributed by atoms with E-state index in [-0.39, 0.29) is 0 Å². The van der Waals surface area contributed by atoms with Gasteiger partial charge in [0.25, 0.3) is 0 Å². The zero-order valence-electron chi connectivity index (χ0n) is 12.1. The van der Waals surface area contributed by atoms with E-state index in [1.165, 1.54) is 12.4 Å². The van der Waals surface area contributed by atoms with Crippen molar-refractivity contribution in [2.24, 2.45) is 4.99 Å². The summed E-state index contributed by atoms with van der Waals surface area (Å²) in [4.78, 5) is 12.2. The summed E-state index contributed by atoms with van der Waals surface area (Å²) >= 11 is 3.26. The molecule has 0 spiro atoms. The highest BCUT2D eigenvalue weighted by molar-refractivity contribution is 9.10. The maximum Gasteiger partial charge on any atom is 0.144 e. The van der Waals surface area contributed by atoms with Gasteiger partial charge in [-0.25, -0.2) is 14.4 Å². The quantitative estimate of drug-likeness (QED) is 0.638. The third-order valence-electron chi connectivity index (χ3n) is 3.34. The number of fused-ring (bicyclic) bond motifs is 1. The third-order valence-corrected chi connectivity index (χ3v) is 3.80. The van der Waals surface area contributed by atoms with E-state index in [9.17, 15) is 4.39 Å². The van der Waals surface area contributed by atoms with Gasteiger partial charge < -0.3 is 5.32 Å². The predicted octanol–water partition coefficient (Wildman–Crippen LogP) is 5.25. The molecular formula is C17H12BrFN4. The lowest BCUT2D eigenvalue weighted by Crippen LogP contribution is -1.98. The van der Waals surface area contributed by atoms with Crippen LogP contribution in [0, 0.1) is 5.82 Å². The topological polar surface area (TPSA) is 50.2 Å². The van der Waals surface area contributed by atoms with Gasteiger partial charge in [0, 0.05) is 10.2 Å². The molecule has 2 aromatic carbocycles. The highest BCUT2D eigenvalue weighted by Crippen LogP contribution is 2.30. The van der Waals surface area contributed by atoms with Crippen molar-refractivity contribution in [3.05, 3.63) is 59.1 Å². The van der Waals surface area contributed by atoms with Crippen LogP contribution in [0.2, 0.25) is 0 Å². The average molecular weight is 371 g/mol. The molecule has 0 radical (unpaired) electrons. The molecule has 0 aliphatic carbocycles. The van der Waals surface area contributed by atoms with Crippen LogP contribution in [-0.4, -0.2) is 16.7 Å². The number of aliphatic imine (C=N–C) groups is 1. The SMILES string of the molecule is C=Cc1ccc(Nc2ncnc3cc(Br)cc(F)c23)cc1N=C. The van der Waals surface area contributed by atoms with E-state index in [4.69, 9.17) is 0 Å². The number of nitrogens with one attached hydrogen (secondary N) is 1. The average Bonchev–Trinajstić information content (AvgIpc) is 2.54. The molecule has 0 saturated heterocycles. The number of hydrogen-bond donors (Lipinski definition) is 1. The molecule has 1 heterocycles. The Labute approximate surface area is 140 Å². The molecule has 1 N–H and O–H groups in total. The summed E-state index contributed by atoms with van der Waals surface area (Å²) in [5.41, 5.74) is 2.79. The van der Waals surface area contributed by atoms with E-state index in [1.807, 2.05) is 12.1 Å². The van der Waals surface area contributed by atoms with Crippen LogP contribution in [0.1, 0.15) is 5.56 Å². The van der Waals surface area contributed by atoms with Gasteiger partial charge in [-0.05, 0) is 36.5 Å². The van der Waals surface area contributed by atoms with Crippen LogP contribution < -0.4 is 5.32 Å². The first-order valence-corrected chi connectivity index (χ1v) is 7.51. The van der Waals surface area contributed by atoms with Gasteiger partial charge in [-0.1, -0.05) is 34.7 Å². The lowest BCUT2D eigenvalue weighted by atomic mass is 10.1. The van der Waals surface area contributed by atoms with Gasteiger partial charge in [-0.3, -0.25) is 4.99 Å². The number of hydrogen-bond acceptors (Lipinski definition) is 4. The zero-order valence-corrected chi connectivity index (χ0v) is 13.6. The maximum absolute atomic E-state index is 14.3.